The summed E-state index contributed by atoms with van der Waals surface area (Å²) >= 11 is 17.9. The molecule has 138 valence electrons. The summed E-state index contributed by atoms with van der Waals surface area (Å²) in [7, 11) is 0. The second kappa shape index (κ2) is 8.47. The number of aryl methyl sites for hydroxylation is 1. The van der Waals surface area contributed by atoms with Crippen LogP contribution in [0.5, 0.6) is 5.75 Å². The van der Waals surface area contributed by atoms with Crippen LogP contribution in [0.3, 0.4) is 0 Å². The van der Waals surface area contributed by atoms with Crippen molar-refractivity contribution in [3.05, 3.63) is 62.6 Å². The first-order valence-electron chi connectivity index (χ1n) is 8.72. The molecular formula is C20H22Cl2N2OS. The van der Waals surface area contributed by atoms with Crippen LogP contribution >= 0.6 is 35.4 Å². The fourth-order valence-corrected chi connectivity index (χ4v) is 4.06. The molecule has 2 N–H and O–H groups in total. The third kappa shape index (κ3) is 4.43. The molecule has 1 aliphatic heterocycles. The second-order valence-corrected chi connectivity index (χ2v) is 7.79. The molecule has 0 spiro atoms. The van der Waals surface area contributed by atoms with E-state index in [4.69, 9.17) is 35.4 Å². The van der Waals surface area contributed by atoms with E-state index in [1.54, 1.807) is 0 Å². The maximum Gasteiger partial charge on any atom is 0.168 e. The lowest BCUT2D eigenvalue weighted by molar-refractivity contribution is 0.431. The molecule has 0 amide bonds. The zero-order chi connectivity index (χ0) is 18.7. The van der Waals surface area contributed by atoms with Crippen LogP contribution in [-0.2, 0) is 19.3 Å². The molecule has 0 atom stereocenters. The lowest BCUT2D eigenvalue weighted by Crippen LogP contribution is -2.41. The lowest BCUT2D eigenvalue weighted by Gasteiger charge is -2.24. The van der Waals surface area contributed by atoms with E-state index in [1.807, 2.05) is 6.07 Å². The number of hydrogen-bond acceptors (Lipinski definition) is 2. The molecule has 3 nitrogen and oxygen atoms in total. The Morgan fingerprint density at radius 3 is 2.62 bits per heavy atom. The molecule has 0 saturated heterocycles. The molecule has 3 rings (SSSR count). The molecule has 1 heterocycles. The number of nitrogens with one attached hydrogen (secondary N) is 1. The monoisotopic (exact) mass is 408 g/mol. The fourth-order valence-electron chi connectivity index (χ4n) is 3.19. The van der Waals surface area contributed by atoms with Crippen LogP contribution in [0.4, 0.5) is 0 Å². The molecular weight excluding hydrogens is 387 g/mol. The summed E-state index contributed by atoms with van der Waals surface area (Å²) < 4.78 is 0. The van der Waals surface area contributed by atoms with Crippen LogP contribution in [0, 0.1) is 6.92 Å². The highest BCUT2D eigenvalue weighted by Crippen LogP contribution is 2.38. The van der Waals surface area contributed by atoms with Crippen LogP contribution in [-0.4, -0.2) is 34.8 Å². The molecule has 1 aliphatic rings. The van der Waals surface area contributed by atoms with Crippen molar-refractivity contribution in [2.45, 2.75) is 26.2 Å². The van der Waals surface area contributed by atoms with Crippen molar-refractivity contribution in [3.63, 3.8) is 0 Å². The van der Waals surface area contributed by atoms with E-state index in [0.717, 1.165) is 55.1 Å². The number of fused-ring (bicyclic) bond motifs is 1. The number of nitrogens with zero attached hydrogens (tertiary/aromatic N) is 1. The van der Waals surface area contributed by atoms with Crippen LogP contribution in [0.1, 0.15) is 22.3 Å². The Morgan fingerprint density at radius 2 is 1.88 bits per heavy atom. The van der Waals surface area contributed by atoms with Gasteiger partial charge < -0.3 is 15.3 Å². The summed E-state index contributed by atoms with van der Waals surface area (Å²) in [5.41, 5.74) is 4.62. The van der Waals surface area contributed by atoms with Gasteiger partial charge in [0.25, 0.3) is 0 Å². The Balaban J connectivity index is 1.56. The largest absolute Gasteiger partial charge is 0.505 e. The van der Waals surface area contributed by atoms with Crippen molar-refractivity contribution < 1.29 is 5.11 Å². The molecule has 0 aliphatic carbocycles. The maximum atomic E-state index is 9.96. The molecule has 0 fully saturated rings. The predicted octanol–water partition coefficient (Wildman–Crippen LogP) is 4.53. The van der Waals surface area contributed by atoms with Gasteiger partial charge in [0.15, 0.2) is 10.9 Å². The highest BCUT2D eigenvalue weighted by atomic mass is 35.5. The topological polar surface area (TPSA) is 35.5 Å². The Labute approximate surface area is 169 Å². The first kappa shape index (κ1) is 19.3. The molecule has 0 aromatic heterocycles. The number of halogens is 2. The van der Waals surface area contributed by atoms with Crippen molar-refractivity contribution in [1.82, 2.24) is 10.2 Å². The van der Waals surface area contributed by atoms with Gasteiger partial charge in [0, 0.05) is 19.6 Å². The molecule has 0 saturated carbocycles. The number of thiocarbonyl (C=S) groups is 1. The highest BCUT2D eigenvalue weighted by Gasteiger charge is 2.21. The van der Waals surface area contributed by atoms with Gasteiger partial charge in [-0.05, 0) is 61.2 Å². The van der Waals surface area contributed by atoms with Gasteiger partial charge in [0.1, 0.15) is 0 Å². The minimum atomic E-state index is -0.0284. The Bertz CT molecular complexity index is 808. The average Bonchev–Trinajstić information content (AvgIpc) is 2.84. The third-order valence-corrected chi connectivity index (χ3v) is 5.87. The molecule has 2 aromatic rings. The standard InChI is InChI=1S/C20H22Cl2N2OS/c1-13-2-4-14(5-3-13)6-9-23-20(26)24-10-7-15-12-17(21)19(25)18(22)16(15)8-11-24/h2-5,12,25H,6-11H2,1H3,(H,23,26). The third-order valence-electron chi connectivity index (χ3n) is 4.77. The van der Waals surface area contributed by atoms with Gasteiger partial charge in [0.2, 0.25) is 0 Å². The van der Waals surface area contributed by atoms with Crippen molar-refractivity contribution in [2.75, 3.05) is 19.6 Å². The van der Waals surface area contributed by atoms with Gasteiger partial charge in [-0.25, -0.2) is 0 Å². The van der Waals surface area contributed by atoms with E-state index in [2.05, 4.69) is 41.4 Å². The zero-order valence-electron chi connectivity index (χ0n) is 14.7. The predicted molar refractivity (Wildman–Crippen MR) is 113 cm³/mol. The first-order valence-corrected chi connectivity index (χ1v) is 9.89. The van der Waals surface area contributed by atoms with Gasteiger partial charge >= 0.3 is 0 Å². The van der Waals surface area contributed by atoms with Crippen LogP contribution in [0.25, 0.3) is 0 Å². The number of aromatic hydroxyl groups is 1. The number of hydrogen-bond donors (Lipinski definition) is 2. The van der Waals surface area contributed by atoms with Gasteiger partial charge in [-0.3, -0.25) is 0 Å². The Hall–Kier alpha value is -1.49. The molecule has 0 radical (unpaired) electrons. The van der Waals surface area contributed by atoms with E-state index in [0.29, 0.717) is 10.0 Å². The van der Waals surface area contributed by atoms with E-state index in [1.165, 1.54) is 11.1 Å². The normalized spacial score (nSPS) is 13.9. The number of benzene rings is 2. The minimum absolute atomic E-state index is 0.0284. The minimum Gasteiger partial charge on any atom is -0.505 e. The van der Waals surface area contributed by atoms with E-state index < -0.39 is 0 Å². The summed E-state index contributed by atoms with van der Waals surface area (Å²) in [5, 5.41) is 14.7. The van der Waals surface area contributed by atoms with Crippen LogP contribution in [0.15, 0.2) is 30.3 Å². The Kier molecular flexibility index (Phi) is 6.28. The van der Waals surface area contributed by atoms with Crippen molar-refractivity contribution in [2.24, 2.45) is 0 Å². The lowest BCUT2D eigenvalue weighted by atomic mass is 10.0. The molecule has 0 bridgehead atoms. The first-order chi connectivity index (χ1) is 12.5. The van der Waals surface area contributed by atoms with Gasteiger partial charge in [0.05, 0.1) is 10.0 Å². The molecule has 0 unspecified atom stereocenters. The maximum absolute atomic E-state index is 9.96. The van der Waals surface area contributed by atoms with E-state index in [9.17, 15) is 5.11 Å². The SMILES string of the molecule is Cc1ccc(CCNC(=S)N2CCc3cc(Cl)c(O)c(Cl)c3CC2)cc1. The Morgan fingerprint density at radius 1 is 1.19 bits per heavy atom. The summed E-state index contributed by atoms with van der Waals surface area (Å²) in [6.45, 7) is 4.47. The average molecular weight is 409 g/mol. The molecule has 26 heavy (non-hydrogen) atoms. The summed E-state index contributed by atoms with van der Waals surface area (Å²) in [4.78, 5) is 2.16. The van der Waals surface area contributed by atoms with E-state index in [-0.39, 0.29) is 5.75 Å². The number of rotatable bonds is 3. The molecule has 6 heteroatoms. The van der Waals surface area contributed by atoms with Crippen LogP contribution < -0.4 is 5.32 Å². The van der Waals surface area contributed by atoms with Crippen molar-refractivity contribution in [1.29, 1.82) is 0 Å². The summed E-state index contributed by atoms with van der Waals surface area (Å²) in [5.74, 6) is -0.0284. The van der Waals surface area contributed by atoms with Crippen molar-refractivity contribution >= 4 is 40.5 Å². The zero-order valence-corrected chi connectivity index (χ0v) is 17.0. The summed E-state index contributed by atoms with van der Waals surface area (Å²) in [6, 6.07) is 10.4. The second-order valence-electron chi connectivity index (χ2n) is 6.61. The number of phenols is 1. The smallest absolute Gasteiger partial charge is 0.168 e. The number of phenolic OH excluding ortho intramolecular Hbond substituents is 1. The summed E-state index contributed by atoms with van der Waals surface area (Å²) in [6.07, 6.45) is 2.47. The van der Waals surface area contributed by atoms with E-state index >= 15 is 0 Å². The van der Waals surface area contributed by atoms with Gasteiger partial charge in [-0.2, -0.15) is 0 Å². The fraction of sp³-hybridized carbons (Fsp3) is 0.350. The highest BCUT2D eigenvalue weighted by molar-refractivity contribution is 7.80. The van der Waals surface area contributed by atoms with Crippen LogP contribution in [0.2, 0.25) is 10.0 Å². The van der Waals surface area contributed by atoms with Gasteiger partial charge in [-0.1, -0.05) is 53.0 Å². The molecule has 2 aromatic carbocycles. The van der Waals surface area contributed by atoms with Crippen molar-refractivity contribution in [3.8, 4) is 5.75 Å². The quantitative estimate of drug-likeness (QED) is 0.731. The van der Waals surface area contributed by atoms with Gasteiger partial charge in [-0.15, -0.1) is 0 Å².